The molecule has 0 radical (unpaired) electrons. The molecule has 2 aliphatic carbocycles. The van der Waals surface area contributed by atoms with Crippen LogP contribution in [0.2, 0.25) is 0 Å². The van der Waals surface area contributed by atoms with Crippen molar-refractivity contribution in [3.63, 3.8) is 0 Å². The second-order valence-corrected chi connectivity index (χ2v) is 11.1. The van der Waals surface area contributed by atoms with E-state index in [2.05, 4.69) is 176 Å². The molecule has 0 saturated heterocycles. The third-order valence-electron chi connectivity index (χ3n) is 8.10. The fourth-order valence-corrected chi connectivity index (χ4v) is 5.81. The van der Waals surface area contributed by atoms with E-state index in [0.29, 0.717) is 5.92 Å². The Morgan fingerprint density at radius 2 is 1.45 bits per heavy atom. The van der Waals surface area contributed by atoms with Crippen molar-refractivity contribution in [3.05, 3.63) is 163 Å². The van der Waals surface area contributed by atoms with Gasteiger partial charge in [0.25, 0.3) is 0 Å². The van der Waals surface area contributed by atoms with Crippen LogP contribution < -0.4 is 10.2 Å². The molecule has 0 saturated carbocycles. The number of hydrogen-bond acceptors (Lipinski definition) is 2. The van der Waals surface area contributed by atoms with Crippen LogP contribution in [0.15, 0.2) is 157 Å². The largest absolute Gasteiger partial charge is 0.356 e. The molecular formula is C38H36N2. The van der Waals surface area contributed by atoms with Crippen molar-refractivity contribution in [1.29, 1.82) is 0 Å². The Labute approximate surface area is 238 Å². The minimum absolute atomic E-state index is 0.0672. The Morgan fingerprint density at radius 3 is 2.15 bits per heavy atom. The molecule has 6 rings (SSSR count). The molecule has 198 valence electrons. The average molecular weight is 521 g/mol. The highest BCUT2D eigenvalue weighted by molar-refractivity contribution is 5.73. The Kier molecular flexibility index (Phi) is 7.25. The first-order valence-electron chi connectivity index (χ1n) is 14.2. The van der Waals surface area contributed by atoms with Gasteiger partial charge < -0.3 is 10.2 Å². The standard InChI is InChI=1S/C38H36N2/c1-29-27-34(39-33-21-19-32(20-22-33)38(2)25-10-5-11-26-38)23-24-37(29)40(35-16-8-4-9-17-35)36-18-12-15-31(28-36)30-13-6-3-7-14-30/h3-25,27-29,37,39H,26H2,1-2H3. The molecule has 2 nitrogen and oxygen atoms in total. The van der Waals surface area contributed by atoms with Crippen molar-refractivity contribution in [1.82, 2.24) is 0 Å². The van der Waals surface area contributed by atoms with Crippen LogP contribution in [0, 0.1) is 5.92 Å². The number of hydrogen-bond donors (Lipinski definition) is 1. The van der Waals surface area contributed by atoms with Crippen molar-refractivity contribution in [2.45, 2.75) is 31.7 Å². The fourth-order valence-electron chi connectivity index (χ4n) is 5.81. The molecule has 2 heteroatoms. The number of rotatable bonds is 7. The summed E-state index contributed by atoms with van der Waals surface area (Å²) in [6.45, 7) is 4.61. The Morgan fingerprint density at radius 1 is 0.750 bits per heavy atom. The van der Waals surface area contributed by atoms with E-state index < -0.39 is 0 Å². The molecule has 0 spiro atoms. The summed E-state index contributed by atoms with van der Waals surface area (Å²) < 4.78 is 0. The molecule has 0 aliphatic heterocycles. The van der Waals surface area contributed by atoms with Gasteiger partial charge in [-0.05, 0) is 65.6 Å². The Bertz CT molecular complexity index is 1560. The second-order valence-electron chi connectivity index (χ2n) is 11.1. The number of benzene rings is 4. The predicted molar refractivity (Wildman–Crippen MR) is 171 cm³/mol. The molecular weight excluding hydrogens is 484 g/mol. The summed E-state index contributed by atoms with van der Waals surface area (Å²) in [6, 6.07) is 39.3. The molecule has 4 aromatic carbocycles. The number of allylic oxidation sites excluding steroid dienone is 5. The molecule has 4 aromatic rings. The highest BCUT2D eigenvalue weighted by Gasteiger charge is 2.26. The molecule has 3 unspecified atom stereocenters. The van der Waals surface area contributed by atoms with Crippen LogP contribution in [-0.4, -0.2) is 6.04 Å². The zero-order valence-corrected chi connectivity index (χ0v) is 23.2. The summed E-state index contributed by atoms with van der Waals surface area (Å²) >= 11 is 0. The maximum Gasteiger partial charge on any atom is 0.0586 e. The lowest BCUT2D eigenvalue weighted by Crippen LogP contribution is -2.36. The maximum absolute atomic E-state index is 3.65. The van der Waals surface area contributed by atoms with Gasteiger partial charge in [0, 0.05) is 34.1 Å². The van der Waals surface area contributed by atoms with E-state index in [1.165, 1.54) is 28.1 Å². The van der Waals surface area contributed by atoms with Crippen molar-refractivity contribution >= 4 is 17.1 Å². The van der Waals surface area contributed by atoms with Gasteiger partial charge in [-0.3, -0.25) is 0 Å². The van der Waals surface area contributed by atoms with E-state index in [4.69, 9.17) is 0 Å². The summed E-state index contributed by atoms with van der Waals surface area (Å²) in [6.07, 6.45) is 16.8. The fraction of sp³-hybridized carbons (Fsp3) is 0.158. The van der Waals surface area contributed by atoms with Gasteiger partial charge in [-0.2, -0.15) is 0 Å². The first-order chi connectivity index (χ1) is 19.6. The number of nitrogens with zero attached hydrogens (tertiary/aromatic N) is 1. The van der Waals surface area contributed by atoms with Gasteiger partial charge in [0.2, 0.25) is 0 Å². The SMILES string of the molecule is CC1C=C(Nc2ccc(C3(C)C=CC=CC3)cc2)C=CC1N(c1ccccc1)c1cccc(-c2ccccc2)c1. The molecule has 40 heavy (non-hydrogen) atoms. The second kappa shape index (κ2) is 11.3. The summed E-state index contributed by atoms with van der Waals surface area (Å²) in [5.74, 6) is 0.297. The third-order valence-corrected chi connectivity index (χ3v) is 8.10. The van der Waals surface area contributed by atoms with Crippen LogP contribution in [-0.2, 0) is 5.41 Å². The topological polar surface area (TPSA) is 15.3 Å². The lowest BCUT2D eigenvalue weighted by atomic mass is 9.77. The lowest BCUT2D eigenvalue weighted by molar-refractivity contribution is 0.600. The van der Waals surface area contributed by atoms with E-state index in [9.17, 15) is 0 Å². The van der Waals surface area contributed by atoms with Gasteiger partial charge in [-0.1, -0.05) is 123 Å². The highest BCUT2D eigenvalue weighted by atomic mass is 15.2. The van der Waals surface area contributed by atoms with Gasteiger partial charge in [-0.25, -0.2) is 0 Å². The van der Waals surface area contributed by atoms with Crippen LogP contribution in [0.1, 0.15) is 25.8 Å². The first kappa shape index (κ1) is 25.7. The van der Waals surface area contributed by atoms with E-state index in [1.54, 1.807) is 0 Å². The van der Waals surface area contributed by atoms with Crippen molar-refractivity contribution in [3.8, 4) is 11.1 Å². The van der Waals surface area contributed by atoms with Gasteiger partial charge in [0.05, 0.1) is 6.04 Å². The molecule has 0 heterocycles. The Hall–Kier alpha value is -4.56. The molecule has 3 atom stereocenters. The summed E-state index contributed by atoms with van der Waals surface area (Å²) in [4.78, 5) is 2.46. The van der Waals surface area contributed by atoms with Gasteiger partial charge in [-0.15, -0.1) is 0 Å². The van der Waals surface area contributed by atoms with Crippen LogP contribution in [0.5, 0.6) is 0 Å². The third kappa shape index (κ3) is 5.44. The van der Waals surface area contributed by atoms with Gasteiger partial charge >= 0.3 is 0 Å². The van der Waals surface area contributed by atoms with Crippen LogP contribution in [0.25, 0.3) is 11.1 Å². The smallest absolute Gasteiger partial charge is 0.0586 e. The number of para-hydroxylation sites is 1. The molecule has 0 aromatic heterocycles. The molecule has 1 N–H and O–H groups in total. The van der Waals surface area contributed by atoms with Crippen LogP contribution in [0.4, 0.5) is 17.1 Å². The van der Waals surface area contributed by atoms with E-state index >= 15 is 0 Å². The van der Waals surface area contributed by atoms with Gasteiger partial charge in [0.1, 0.15) is 0 Å². The monoisotopic (exact) mass is 520 g/mol. The summed E-state index contributed by atoms with van der Waals surface area (Å²) in [5, 5.41) is 3.65. The van der Waals surface area contributed by atoms with Gasteiger partial charge in [0.15, 0.2) is 0 Å². The van der Waals surface area contributed by atoms with Crippen molar-refractivity contribution in [2.24, 2.45) is 5.92 Å². The van der Waals surface area contributed by atoms with E-state index in [1.807, 2.05) is 0 Å². The first-order valence-corrected chi connectivity index (χ1v) is 14.2. The normalized spacial score (nSPS) is 21.6. The molecule has 2 aliphatic rings. The minimum atomic E-state index is 0.0672. The van der Waals surface area contributed by atoms with Crippen LogP contribution in [0.3, 0.4) is 0 Å². The molecule has 0 fully saturated rings. The van der Waals surface area contributed by atoms with Crippen LogP contribution >= 0.6 is 0 Å². The van der Waals surface area contributed by atoms with Crippen molar-refractivity contribution < 1.29 is 0 Å². The predicted octanol–water partition coefficient (Wildman–Crippen LogP) is 9.84. The Balaban J connectivity index is 1.24. The van der Waals surface area contributed by atoms with Crippen molar-refractivity contribution in [2.75, 3.05) is 10.2 Å². The minimum Gasteiger partial charge on any atom is -0.356 e. The quantitative estimate of drug-likeness (QED) is 0.261. The number of anilines is 3. The average Bonchev–Trinajstić information content (AvgIpc) is 3.00. The zero-order valence-electron chi connectivity index (χ0n) is 23.2. The summed E-state index contributed by atoms with van der Waals surface area (Å²) in [5.41, 5.74) is 8.49. The molecule has 0 bridgehead atoms. The zero-order chi connectivity index (χ0) is 27.4. The van der Waals surface area contributed by atoms with E-state index in [0.717, 1.165) is 17.8 Å². The van der Waals surface area contributed by atoms with E-state index in [-0.39, 0.29) is 11.5 Å². The molecule has 0 amide bonds. The lowest BCUT2D eigenvalue weighted by Gasteiger charge is -2.37. The maximum atomic E-state index is 3.65. The number of nitrogens with one attached hydrogen (secondary N) is 1. The summed E-state index contributed by atoms with van der Waals surface area (Å²) in [7, 11) is 0. The highest BCUT2D eigenvalue weighted by Crippen LogP contribution is 2.36.